The number of hydrogen-bond donors (Lipinski definition) is 7. The Morgan fingerprint density at radius 1 is 1.18 bits per heavy atom. The third-order valence-corrected chi connectivity index (χ3v) is 8.98. The number of nitrogens with zero attached hydrogens (tertiary/aromatic N) is 4. The zero-order valence-electron chi connectivity index (χ0n) is 16.9. The molecule has 22 heteroatoms. The summed E-state index contributed by atoms with van der Waals surface area (Å²) in [6, 6.07) is 0. The van der Waals surface area contributed by atoms with Crippen molar-refractivity contribution < 1.29 is 61.0 Å². The van der Waals surface area contributed by atoms with Crippen LogP contribution in [-0.4, -0.2) is 74.7 Å². The number of fused-ring (bicyclic) bond motifs is 3. The molecule has 2 unspecified atom stereocenters. The van der Waals surface area contributed by atoms with Gasteiger partial charge < -0.3 is 45.6 Å². The van der Waals surface area contributed by atoms with E-state index < -0.39 is 53.6 Å². The van der Waals surface area contributed by atoms with Gasteiger partial charge in [0.2, 0.25) is 5.95 Å². The van der Waals surface area contributed by atoms with Crippen LogP contribution in [0.5, 0.6) is 0 Å². The monoisotopic (exact) mass is 548 g/mol. The fourth-order valence-electron chi connectivity index (χ4n) is 3.71. The van der Waals surface area contributed by atoms with Crippen LogP contribution in [-0.2, 0) is 36.3 Å². The summed E-state index contributed by atoms with van der Waals surface area (Å²) in [5.41, 5.74) is 9.95. The molecule has 0 saturated carbocycles. The first kappa shape index (κ1) is 25.5. The second kappa shape index (κ2) is 8.25. The van der Waals surface area contributed by atoms with Crippen LogP contribution in [0.4, 0.5) is 11.8 Å². The van der Waals surface area contributed by atoms with Crippen molar-refractivity contribution in [1.82, 2.24) is 19.5 Å². The predicted octanol–water partition coefficient (Wildman–Crippen LogP) is -1.25. The first-order valence-corrected chi connectivity index (χ1v) is 13.6. The van der Waals surface area contributed by atoms with Crippen LogP contribution in [0.2, 0.25) is 0 Å². The summed E-state index contributed by atoms with van der Waals surface area (Å²) in [5, 5.41) is 10.8. The van der Waals surface area contributed by atoms with Gasteiger partial charge in [0.1, 0.15) is 29.4 Å². The normalized spacial score (nSPS) is 31.4. The highest BCUT2D eigenvalue weighted by Crippen LogP contribution is 2.67. The van der Waals surface area contributed by atoms with E-state index in [1.54, 1.807) is 0 Å². The van der Waals surface area contributed by atoms with Gasteiger partial charge in [0.25, 0.3) is 0 Å². The molecule has 7 atom stereocenters. The molecule has 0 aromatic carbocycles. The number of ether oxygens (including phenoxy) is 2. The SMILES string of the molecule is C[C@H](OP(=O)(O)OP(=O)(O)OP(=O)(O)O)[C@@]12CO[C@@H]([C@H](n3cnc4c(N)nc(N)nc43)O1)[C@@H]2O. The maximum atomic E-state index is 12.2. The van der Waals surface area contributed by atoms with Gasteiger partial charge in [-0.3, -0.25) is 9.09 Å². The Balaban J connectivity index is 1.57. The predicted molar refractivity (Wildman–Crippen MR) is 107 cm³/mol. The Morgan fingerprint density at radius 3 is 2.50 bits per heavy atom. The average Bonchev–Trinajstić information content (AvgIpc) is 3.28. The van der Waals surface area contributed by atoms with E-state index >= 15 is 0 Å². The fourth-order valence-corrected chi connectivity index (χ4v) is 6.95. The lowest BCUT2D eigenvalue weighted by Crippen LogP contribution is -2.50. The highest BCUT2D eigenvalue weighted by Gasteiger charge is 2.65. The maximum Gasteiger partial charge on any atom is 0.490 e. The summed E-state index contributed by atoms with van der Waals surface area (Å²) in [4.78, 5) is 48.3. The van der Waals surface area contributed by atoms with Gasteiger partial charge in [0, 0.05) is 0 Å². The van der Waals surface area contributed by atoms with Crippen molar-refractivity contribution in [3.05, 3.63) is 6.33 Å². The Bertz CT molecular complexity index is 1270. The molecule has 2 saturated heterocycles. The molecule has 2 fully saturated rings. The number of nitrogens with two attached hydrogens (primary N) is 2. The van der Waals surface area contributed by atoms with E-state index in [1.165, 1.54) is 17.8 Å². The number of aliphatic hydroxyl groups is 1. The minimum absolute atomic E-state index is 0.0124. The zero-order valence-corrected chi connectivity index (χ0v) is 19.6. The van der Waals surface area contributed by atoms with E-state index in [-0.39, 0.29) is 29.5 Å². The van der Waals surface area contributed by atoms with E-state index in [0.29, 0.717) is 0 Å². The standard InChI is InChI=1S/C12H19N6O13P3/c1-4(29-33(23,24)31-34(25,26)30-32(20,21)22)12-2-27-6(7(12)19)10(28-12)18-3-15-5-8(13)16-11(14)17-9(5)18/h3-4,6-7,10,19H,2H2,1H3,(H,23,24)(H,25,26)(H2,20,21,22)(H4,13,14,16,17)/t4-,6+,7-,10+,12+/m0/s1. The average molecular weight is 548 g/mol. The molecule has 4 heterocycles. The van der Waals surface area contributed by atoms with Crippen LogP contribution in [0, 0.1) is 0 Å². The Kier molecular flexibility index (Phi) is 6.19. The topological polar surface area (TPSA) is 294 Å². The number of nitrogen functional groups attached to an aromatic ring is 2. The fraction of sp³-hybridized carbons (Fsp3) is 0.583. The molecule has 2 bridgehead atoms. The van der Waals surface area contributed by atoms with Crippen LogP contribution in [0.25, 0.3) is 11.2 Å². The molecule has 19 nitrogen and oxygen atoms in total. The van der Waals surface area contributed by atoms with Crippen LogP contribution in [0.3, 0.4) is 0 Å². The van der Waals surface area contributed by atoms with E-state index in [9.17, 15) is 28.6 Å². The van der Waals surface area contributed by atoms with Crippen molar-refractivity contribution in [2.75, 3.05) is 18.1 Å². The third-order valence-electron chi connectivity index (χ3n) is 5.07. The number of imidazole rings is 1. The van der Waals surface area contributed by atoms with E-state index in [1.807, 2.05) is 0 Å². The summed E-state index contributed by atoms with van der Waals surface area (Å²) >= 11 is 0. The number of aromatic nitrogens is 4. The molecule has 2 aliphatic rings. The van der Waals surface area contributed by atoms with Gasteiger partial charge in [-0.1, -0.05) is 0 Å². The van der Waals surface area contributed by atoms with Crippen LogP contribution >= 0.6 is 23.5 Å². The minimum Gasteiger partial charge on any atom is -0.387 e. The van der Waals surface area contributed by atoms with Crippen molar-refractivity contribution in [2.24, 2.45) is 0 Å². The zero-order chi connectivity index (χ0) is 25.3. The molecule has 2 aliphatic heterocycles. The van der Waals surface area contributed by atoms with Gasteiger partial charge in [-0.2, -0.15) is 18.6 Å². The van der Waals surface area contributed by atoms with Crippen molar-refractivity contribution in [3.8, 4) is 0 Å². The largest absolute Gasteiger partial charge is 0.490 e. The summed E-state index contributed by atoms with van der Waals surface area (Å²) in [6.07, 6.45) is -3.84. The third kappa shape index (κ3) is 4.64. The quantitative estimate of drug-likeness (QED) is 0.190. The summed E-state index contributed by atoms with van der Waals surface area (Å²) in [7, 11) is -16.8. The number of anilines is 2. The lowest BCUT2D eigenvalue weighted by atomic mass is 9.94. The van der Waals surface area contributed by atoms with Gasteiger partial charge in [0.15, 0.2) is 17.7 Å². The lowest BCUT2D eigenvalue weighted by Gasteiger charge is -2.35. The lowest BCUT2D eigenvalue weighted by molar-refractivity contribution is -0.202. The molecular formula is C12H19N6O13P3. The highest BCUT2D eigenvalue weighted by molar-refractivity contribution is 7.66. The molecule has 0 amide bonds. The Labute approximate surface area is 189 Å². The Hall–Kier alpha value is -1.56. The first-order chi connectivity index (χ1) is 15.5. The maximum absolute atomic E-state index is 12.2. The minimum atomic E-state index is -5.73. The van der Waals surface area contributed by atoms with Crippen LogP contribution in [0.1, 0.15) is 13.2 Å². The van der Waals surface area contributed by atoms with Gasteiger partial charge in [0.05, 0.1) is 12.9 Å². The molecule has 4 rings (SSSR count). The van der Waals surface area contributed by atoms with Crippen molar-refractivity contribution in [2.45, 2.75) is 37.1 Å². The molecule has 0 spiro atoms. The number of rotatable bonds is 8. The highest BCUT2D eigenvalue weighted by atomic mass is 31.3. The van der Waals surface area contributed by atoms with Gasteiger partial charge in [-0.15, -0.1) is 0 Å². The Morgan fingerprint density at radius 2 is 1.85 bits per heavy atom. The molecule has 190 valence electrons. The first-order valence-electron chi connectivity index (χ1n) is 9.09. The van der Waals surface area contributed by atoms with Gasteiger partial charge in [-0.05, 0) is 6.92 Å². The number of phosphoric acid groups is 3. The number of aliphatic hydroxyl groups excluding tert-OH is 1. The molecule has 34 heavy (non-hydrogen) atoms. The molecule has 2 aromatic heterocycles. The van der Waals surface area contributed by atoms with Gasteiger partial charge >= 0.3 is 23.5 Å². The van der Waals surface area contributed by atoms with Crippen molar-refractivity contribution in [1.29, 1.82) is 0 Å². The van der Waals surface area contributed by atoms with Gasteiger partial charge in [-0.25, -0.2) is 18.7 Å². The van der Waals surface area contributed by atoms with Crippen LogP contribution in [0.15, 0.2) is 6.33 Å². The molecular weight excluding hydrogens is 529 g/mol. The molecule has 0 aliphatic carbocycles. The van der Waals surface area contributed by atoms with E-state index in [0.717, 1.165) is 0 Å². The van der Waals surface area contributed by atoms with Crippen molar-refractivity contribution in [3.63, 3.8) is 0 Å². The van der Waals surface area contributed by atoms with Crippen LogP contribution < -0.4 is 11.5 Å². The molecule has 2 aromatic rings. The molecule has 9 N–H and O–H groups in total. The summed E-state index contributed by atoms with van der Waals surface area (Å²) < 4.78 is 59.6. The smallest absolute Gasteiger partial charge is 0.387 e. The second-order valence-electron chi connectivity index (χ2n) is 7.31. The van der Waals surface area contributed by atoms with Crippen molar-refractivity contribution >= 4 is 46.4 Å². The van der Waals surface area contributed by atoms with E-state index in [2.05, 4.69) is 23.6 Å². The van der Waals surface area contributed by atoms with E-state index in [4.69, 9.17) is 35.3 Å². The second-order valence-corrected chi connectivity index (χ2v) is 11.7. The summed E-state index contributed by atoms with van der Waals surface area (Å²) in [5.74, 6) is -0.172. The number of hydrogen-bond acceptors (Lipinski definition) is 14. The summed E-state index contributed by atoms with van der Waals surface area (Å²) in [6.45, 7) is 0.831. The molecule has 0 radical (unpaired) electrons. The number of phosphoric ester groups is 1.